The molecule has 0 aromatic heterocycles. The van der Waals surface area contributed by atoms with Crippen molar-refractivity contribution in [2.75, 3.05) is 5.32 Å². The van der Waals surface area contributed by atoms with Crippen LogP contribution < -0.4 is 5.32 Å². The van der Waals surface area contributed by atoms with E-state index in [-0.39, 0.29) is 29.3 Å². The van der Waals surface area contributed by atoms with E-state index < -0.39 is 5.97 Å². The van der Waals surface area contributed by atoms with Crippen molar-refractivity contribution in [1.82, 2.24) is 0 Å². The highest BCUT2D eigenvalue weighted by atomic mass is 19.1. The van der Waals surface area contributed by atoms with Crippen LogP contribution >= 0.6 is 0 Å². The van der Waals surface area contributed by atoms with Crippen LogP contribution in [0.3, 0.4) is 0 Å². The topological polar surface area (TPSA) is 49.3 Å². The minimum Gasteiger partial charge on any atom is -0.478 e. The van der Waals surface area contributed by atoms with E-state index in [0.717, 1.165) is 12.0 Å². The zero-order valence-electron chi connectivity index (χ0n) is 14.5. The lowest BCUT2D eigenvalue weighted by Crippen LogP contribution is -2.32. The number of nitrogens with one attached hydrogen (secondary N) is 1. The predicted molar refractivity (Wildman–Crippen MR) is 102 cm³/mol. The Hall–Kier alpha value is -3.14. The second kappa shape index (κ2) is 5.95. The fourth-order valence-electron chi connectivity index (χ4n) is 4.80. The summed E-state index contributed by atoms with van der Waals surface area (Å²) in [6, 6.07) is 20.2. The van der Waals surface area contributed by atoms with Gasteiger partial charge in [0, 0.05) is 11.5 Å². The SMILES string of the molecule is O=C(O)c1cccc2c1N[C@H](c1ccccc1F)[C@H]1Cc3ccccc3[C@@H]21. The smallest absolute Gasteiger partial charge is 0.337 e. The first-order valence-electron chi connectivity index (χ1n) is 9.10. The number of hydrogen-bond donors (Lipinski definition) is 2. The number of anilines is 1. The molecule has 3 atom stereocenters. The van der Waals surface area contributed by atoms with Crippen molar-refractivity contribution in [3.05, 3.63) is 100 Å². The van der Waals surface area contributed by atoms with Crippen LogP contribution in [0, 0.1) is 11.7 Å². The molecule has 1 heterocycles. The van der Waals surface area contributed by atoms with Crippen LogP contribution in [0.2, 0.25) is 0 Å². The molecule has 0 spiro atoms. The Kier molecular flexibility index (Phi) is 3.54. The molecule has 2 aliphatic rings. The third-order valence-corrected chi connectivity index (χ3v) is 5.90. The molecular weight excluding hydrogens is 341 g/mol. The van der Waals surface area contributed by atoms with Gasteiger partial charge < -0.3 is 10.4 Å². The number of hydrogen-bond acceptors (Lipinski definition) is 2. The van der Waals surface area contributed by atoms with Crippen LogP contribution in [0.15, 0.2) is 66.7 Å². The average molecular weight is 359 g/mol. The number of carboxylic acid groups (broad SMARTS) is 1. The number of rotatable bonds is 2. The van der Waals surface area contributed by atoms with Gasteiger partial charge in [-0.25, -0.2) is 9.18 Å². The van der Waals surface area contributed by atoms with Crippen molar-refractivity contribution in [2.24, 2.45) is 5.92 Å². The Morgan fingerprint density at radius 3 is 2.41 bits per heavy atom. The summed E-state index contributed by atoms with van der Waals surface area (Å²) in [5.74, 6) is -1.05. The molecule has 0 bridgehead atoms. The van der Waals surface area contributed by atoms with Crippen LogP contribution in [0.1, 0.15) is 44.6 Å². The largest absolute Gasteiger partial charge is 0.478 e. The predicted octanol–water partition coefficient (Wildman–Crippen LogP) is 4.99. The molecule has 3 aromatic rings. The van der Waals surface area contributed by atoms with Gasteiger partial charge in [0.2, 0.25) is 0 Å². The van der Waals surface area contributed by atoms with Gasteiger partial charge in [0.1, 0.15) is 5.82 Å². The molecule has 134 valence electrons. The first-order chi connectivity index (χ1) is 13.1. The van der Waals surface area contributed by atoms with Crippen LogP contribution in [0.25, 0.3) is 0 Å². The maximum atomic E-state index is 14.6. The first kappa shape index (κ1) is 16.1. The summed E-state index contributed by atoms with van der Waals surface area (Å²) in [7, 11) is 0. The molecular formula is C23H18FNO2. The average Bonchev–Trinajstić information content (AvgIpc) is 3.07. The molecule has 0 saturated heterocycles. The molecule has 3 aromatic carbocycles. The van der Waals surface area contributed by atoms with Gasteiger partial charge >= 0.3 is 5.97 Å². The van der Waals surface area contributed by atoms with Crippen LogP contribution in [0.5, 0.6) is 0 Å². The Balaban J connectivity index is 1.75. The second-order valence-corrected chi connectivity index (χ2v) is 7.26. The highest BCUT2D eigenvalue weighted by Crippen LogP contribution is 2.54. The Morgan fingerprint density at radius 1 is 0.926 bits per heavy atom. The van der Waals surface area contributed by atoms with Gasteiger partial charge in [0.25, 0.3) is 0 Å². The molecule has 4 heteroatoms. The Labute approximate surface area is 156 Å². The molecule has 5 rings (SSSR count). The van der Waals surface area contributed by atoms with Crippen LogP contribution in [0.4, 0.5) is 10.1 Å². The zero-order valence-corrected chi connectivity index (χ0v) is 14.5. The third kappa shape index (κ3) is 2.36. The van der Waals surface area contributed by atoms with E-state index >= 15 is 0 Å². The van der Waals surface area contributed by atoms with Gasteiger partial charge in [-0.1, -0.05) is 54.6 Å². The maximum absolute atomic E-state index is 14.6. The molecule has 0 fully saturated rings. The number of carbonyl (C=O) groups is 1. The number of carboxylic acids is 1. The standard InChI is InChI=1S/C23H18FNO2/c24-19-11-4-3-8-15(19)21-18-12-13-6-1-2-7-14(13)20(18)16-9-5-10-17(23(26)27)22(16)25-21/h1-11,18,20-21,25H,12H2,(H,26,27)/t18-,20-,21+/m0/s1. The number of halogens is 1. The first-order valence-corrected chi connectivity index (χ1v) is 9.10. The highest BCUT2D eigenvalue weighted by Gasteiger charge is 2.44. The summed E-state index contributed by atoms with van der Waals surface area (Å²) in [4.78, 5) is 11.8. The lowest BCUT2D eigenvalue weighted by molar-refractivity contribution is 0.0697. The number of aromatic carboxylic acids is 1. The van der Waals surface area contributed by atoms with E-state index in [4.69, 9.17) is 0 Å². The zero-order chi connectivity index (χ0) is 18.5. The minimum absolute atomic E-state index is 0.0568. The number of para-hydroxylation sites is 1. The summed E-state index contributed by atoms with van der Waals surface area (Å²) < 4.78 is 14.6. The lowest BCUT2D eigenvalue weighted by Gasteiger charge is -2.38. The van der Waals surface area contributed by atoms with Gasteiger partial charge in [-0.3, -0.25) is 0 Å². The fourth-order valence-corrected chi connectivity index (χ4v) is 4.80. The summed E-state index contributed by atoms with van der Waals surface area (Å²) in [5, 5.41) is 13.1. The summed E-state index contributed by atoms with van der Waals surface area (Å²) in [5.41, 5.74) is 4.88. The van der Waals surface area contributed by atoms with Crippen molar-refractivity contribution >= 4 is 11.7 Å². The lowest BCUT2D eigenvalue weighted by atomic mass is 9.75. The van der Waals surface area contributed by atoms with E-state index in [1.54, 1.807) is 24.3 Å². The highest BCUT2D eigenvalue weighted by molar-refractivity contribution is 5.96. The van der Waals surface area contributed by atoms with E-state index in [1.165, 1.54) is 17.2 Å². The quantitative estimate of drug-likeness (QED) is 0.677. The van der Waals surface area contributed by atoms with Gasteiger partial charge in [-0.15, -0.1) is 0 Å². The monoisotopic (exact) mass is 359 g/mol. The molecule has 0 radical (unpaired) electrons. The van der Waals surface area contributed by atoms with Gasteiger partial charge in [0.15, 0.2) is 0 Å². The van der Waals surface area contributed by atoms with Gasteiger partial charge in [0.05, 0.1) is 17.3 Å². The minimum atomic E-state index is -0.976. The van der Waals surface area contributed by atoms with Crippen molar-refractivity contribution in [1.29, 1.82) is 0 Å². The molecule has 0 amide bonds. The van der Waals surface area contributed by atoms with Crippen molar-refractivity contribution < 1.29 is 14.3 Å². The van der Waals surface area contributed by atoms with Gasteiger partial charge in [-0.2, -0.15) is 0 Å². The number of benzene rings is 3. The summed E-state index contributed by atoms with van der Waals surface area (Å²) in [6.07, 6.45) is 0.837. The Bertz CT molecular complexity index is 1060. The molecule has 1 aliphatic carbocycles. The second-order valence-electron chi connectivity index (χ2n) is 7.26. The number of fused-ring (bicyclic) bond motifs is 5. The van der Waals surface area contributed by atoms with Crippen LogP contribution in [-0.2, 0) is 6.42 Å². The molecule has 0 saturated carbocycles. The van der Waals surface area contributed by atoms with Crippen molar-refractivity contribution in [3.8, 4) is 0 Å². The van der Waals surface area contributed by atoms with Crippen LogP contribution in [-0.4, -0.2) is 11.1 Å². The molecule has 1 aliphatic heterocycles. The van der Waals surface area contributed by atoms with Gasteiger partial charge in [-0.05, 0) is 41.2 Å². The molecule has 27 heavy (non-hydrogen) atoms. The summed E-state index contributed by atoms with van der Waals surface area (Å²) in [6.45, 7) is 0. The van der Waals surface area contributed by atoms with E-state index in [1.807, 2.05) is 24.3 Å². The van der Waals surface area contributed by atoms with E-state index in [0.29, 0.717) is 11.3 Å². The normalized spacial score (nSPS) is 22.3. The van der Waals surface area contributed by atoms with Crippen molar-refractivity contribution in [3.63, 3.8) is 0 Å². The Morgan fingerprint density at radius 2 is 1.63 bits per heavy atom. The maximum Gasteiger partial charge on any atom is 0.337 e. The van der Waals surface area contributed by atoms with E-state index in [9.17, 15) is 14.3 Å². The van der Waals surface area contributed by atoms with E-state index in [2.05, 4.69) is 17.4 Å². The molecule has 2 N–H and O–H groups in total. The third-order valence-electron chi connectivity index (χ3n) is 5.90. The summed E-state index contributed by atoms with van der Waals surface area (Å²) >= 11 is 0. The molecule has 3 nitrogen and oxygen atoms in total. The fraction of sp³-hybridized carbons (Fsp3) is 0.174. The molecule has 0 unspecified atom stereocenters. The van der Waals surface area contributed by atoms with Crippen molar-refractivity contribution in [2.45, 2.75) is 18.4 Å².